The molecule has 1 aliphatic rings. The van der Waals surface area contributed by atoms with Crippen LogP contribution in [0.2, 0.25) is 0 Å². The van der Waals surface area contributed by atoms with Gasteiger partial charge in [-0.3, -0.25) is 9.59 Å². The molecule has 3 heteroatoms. The Morgan fingerprint density at radius 3 is 2.44 bits per heavy atom. The molecule has 0 spiro atoms. The van der Waals surface area contributed by atoms with E-state index in [0.717, 1.165) is 24.8 Å². The largest absolute Gasteiger partial charge is 0.369 e. The Morgan fingerprint density at radius 1 is 1.22 bits per heavy atom. The maximum absolute atomic E-state index is 12.0. The topological polar surface area (TPSA) is 60.2 Å². The van der Waals surface area contributed by atoms with Gasteiger partial charge >= 0.3 is 0 Å². The zero-order chi connectivity index (χ0) is 13.2. The molecule has 1 aromatic rings. The van der Waals surface area contributed by atoms with Gasteiger partial charge in [0.15, 0.2) is 0 Å². The predicted octanol–water partition coefficient (Wildman–Crippen LogP) is 2.40. The van der Waals surface area contributed by atoms with Crippen LogP contribution in [0.4, 0.5) is 0 Å². The van der Waals surface area contributed by atoms with Crippen molar-refractivity contribution in [2.45, 2.75) is 38.5 Å². The maximum Gasteiger partial charge on any atom is 0.231 e. The average molecular weight is 245 g/mol. The van der Waals surface area contributed by atoms with Crippen molar-refractivity contribution in [3.8, 4) is 0 Å². The van der Waals surface area contributed by atoms with Gasteiger partial charge in [-0.25, -0.2) is 0 Å². The molecule has 0 bridgehead atoms. The van der Waals surface area contributed by atoms with Crippen LogP contribution in [-0.2, 0) is 9.59 Å². The highest BCUT2D eigenvalue weighted by Crippen LogP contribution is 2.47. The lowest BCUT2D eigenvalue weighted by Gasteiger charge is -2.40. The van der Waals surface area contributed by atoms with Crippen molar-refractivity contribution in [3.63, 3.8) is 0 Å². The van der Waals surface area contributed by atoms with Crippen molar-refractivity contribution >= 4 is 11.7 Å². The van der Waals surface area contributed by atoms with Crippen molar-refractivity contribution in [1.29, 1.82) is 0 Å². The maximum atomic E-state index is 12.0. The fourth-order valence-corrected chi connectivity index (χ4v) is 3.20. The molecular weight excluding hydrogens is 226 g/mol. The first-order valence-corrected chi connectivity index (χ1v) is 6.45. The Morgan fingerprint density at radius 2 is 1.89 bits per heavy atom. The van der Waals surface area contributed by atoms with Gasteiger partial charge in [-0.15, -0.1) is 0 Å². The summed E-state index contributed by atoms with van der Waals surface area (Å²) in [6.45, 7) is 1.49. The number of amides is 1. The van der Waals surface area contributed by atoms with Crippen LogP contribution < -0.4 is 5.73 Å². The van der Waals surface area contributed by atoms with E-state index in [1.54, 1.807) is 0 Å². The van der Waals surface area contributed by atoms with E-state index in [-0.39, 0.29) is 11.7 Å². The Balaban J connectivity index is 2.48. The molecule has 2 atom stereocenters. The lowest BCUT2D eigenvalue weighted by atomic mass is 9.61. The molecule has 0 aliphatic heterocycles. The van der Waals surface area contributed by atoms with E-state index in [9.17, 15) is 9.59 Å². The van der Waals surface area contributed by atoms with E-state index in [2.05, 4.69) is 0 Å². The van der Waals surface area contributed by atoms with Gasteiger partial charge in [0.05, 0.1) is 0 Å². The fourth-order valence-electron chi connectivity index (χ4n) is 3.20. The van der Waals surface area contributed by atoms with Crippen molar-refractivity contribution in [1.82, 2.24) is 0 Å². The second-order valence-electron chi connectivity index (χ2n) is 5.10. The number of nitrogens with two attached hydrogens (primary N) is 1. The monoisotopic (exact) mass is 245 g/mol. The number of carbonyl (C=O) groups excluding carboxylic acids is 2. The summed E-state index contributed by atoms with van der Waals surface area (Å²) in [4.78, 5) is 23.9. The van der Waals surface area contributed by atoms with E-state index in [1.807, 2.05) is 30.3 Å². The van der Waals surface area contributed by atoms with Crippen LogP contribution >= 0.6 is 0 Å². The van der Waals surface area contributed by atoms with E-state index in [1.165, 1.54) is 6.92 Å². The molecule has 2 unspecified atom stereocenters. The standard InChI is InChI=1S/C15H19NO2/c1-11(17)15(14(16)18)10-6-5-9-13(15)12-7-3-2-4-8-12/h2-4,7-8,13H,5-6,9-10H2,1H3,(H2,16,18). The summed E-state index contributed by atoms with van der Waals surface area (Å²) in [7, 11) is 0. The van der Waals surface area contributed by atoms with Crippen LogP contribution in [0.3, 0.4) is 0 Å². The van der Waals surface area contributed by atoms with E-state index in [0.29, 0.717) is 6.42 Å². The highest BCUT2D eigenvalue weighted by Gasteiger charge is 2.50. The molecule has 1 aromatic carbocycles. The van der Waals surface area contributed by atoms with Crippen LogP contribution in [0.5, 0.6) is 0 Å². The van der Waals surface area contributed by atoms with E-state index >= 15 is 0 Å². The van der Waals surface area contributed by atoms with Gasteiger partial charge in [-0.05, 0) is 25.3 Å². The Hall–Kier alpha value is -1.64. The molecule has 1 saturated carbocycles. The predicted molar refractivity (Wildman–Crippen MR) is 70.0 cm³/mol. The van der Waals surface area contributed by atoms with E-state index < -0.39 is 11.3 Å². The normalized spacial score (nSPS) is 27.7. The van der Waals surface area contributed by atoms with Crippen LogP contribution in [0.25, 0.3) is 0 Å². The molecular formula is C15H19NO2. The molecule has 3 nitrogen and oxygen atoms in total. The summed E-state index contributed by atoms with van der Waals surface area (Å²) in [5.41, 5.74) is 5.62. The molecule has 96 valence electrons. The third-order valence-electron chi connectivity index (χ3n) is 4.18. The summed E-state index contributed by atoms with van der Waals surface area (Å²) in [6, 6.07) is 9.78. The lowest BCUT2D eigenvalue weighted by Crippen LogP contribution is -2.49. The number of rotatable bonds is 3. The number of primary amides is 1. The minimum atomic E-state index is -1.00. The zero-order valence-corrected chi connectivity index (χ0v) is 10.7. The number of Topliss-reactive ketones (excluding diaryl/α,β-unsaturated/α-hetero) is 1. The fraction of sp³-hybridized carbons (Fsp3) is 0.467. The number of hydrogen-bond acceptors (Lipinski definition) is 2. The second kappa shape index (κ2) is 4.92. The van der Waals surface area contributed by atoms with E-state index in [4.69, 9.17) is 5.73 Å². The molecule has 1 aliphatic carbocycles. The number of benzene rings is 1. The summed E-state index contributed by atoms with van der Waals surface area (Å²) in [5.74, 6) is -0.630. The summed E-state index contributed by atoms with van der Waals surface area (Å²) in [6.07, 6.45) is 3.37. The molecule has 0 heterocycles. The third-order valence-corrected chi connectivity index (χ3v) is 4.18. The minimum Gasteiger partial charge on any atom is -0.369 e. The lowest BCUT2D eigenvalue weighted by molar-refractivity contribution is -0.142. The third kappa shape index (κ3) is 1.94. The Labute approximate surface area is 107 Å². The highest BCUT2D eigenvalue weighted by atomic mass is 16.2. The van der Waals surface area contributed by atoms with Gasteiger partial charge in [0.2, 0.25) is 5.91 Å². The van der Waals surface area contributed by atoms with Gasteiger partial charge < -0.3 is 5.73 Å². The summed E-state index contributed by atoms with van der Waals surface area (Å²) >= 11 is 0. The Kier molecular flexibility index (Phi) is 3.50. The van der Waals surface area contributed by atoms with Crippen LogP contribution in [-0.4, -0.2) is 11.7 Å². The molecule has 0 aromatic heterocycles. The van der Waals surface area contributed by atoms with Crippen molar-refractivity contribution in [3.05, 3.63) is 35.9 Å². The first-order chi connectivity index (χ1) is 8.59. The van der Waals surface area contributed by atoms with Gasteiger partial charge in [0, 0.05) is 5.92 Å². The van der Waals surface area contributed by atoms with Gasteiger partial charge in [0.25, 0.3) is 0 Å². The summed E-state index contributed by atoms with van der Waals surface area (Å²) < 4.78 is 0. The first kappa shape index (κ1) is 12.8. The Bertz CT molecular complexity index is 439. The van der Waals surface area contributed by atoms with Gasteiger partial charge in [0.1, 0.15) is 11.2 Å². The van der Waals surface area contributed by atoms with Crippen molar-refractivity contribution < 1.29 is 9.59 Å². The summed E-state index contributed by atoms with van der Waals surface area (Å²) in [5, 5.41) is 0. The van der Waals surface area contributed by atoms with Gasteiger partial charge in [-0.1, -0.05) is 43.2 Å². The van der Waals surface area contributed by atoms with Crippen molar-refractivity contribution in [2.75, 3.05) is 0 Å². The molecule has 2 N–H and O–H groups in total. The number of carbonyl (C=O) groups is 2. The number of ketones is 1. The zero-order valence-electron chi connectivity index (χ0n) is 10.7. The average Bonchev–Trinajstić information content (AvgIpc) is 2.39. The minimum absolute atomic E-state index is 0.0672. The molecule has 0 saturated heterocycles. The molecule has 18 heavy (non-hydrogen) atoms. The highest BCUT2D eigenvalue weighted by molar-refractivity contribution is 6.05. The second-order valence-corrected chi connectivity index (χ2v) is 5.10. The molecule has 2 rings (SSSR count). The van der Waals surface area contributed by atoms with Gasteiger partial charge in [-0.2, -0.15) is 0 Å². The number of hydrogen-bond donors (Lipinski definition) is 1. The van der Waals surface area contributed by atoms with Crippen molar-refractivity contribution in [2.24, 2.45) is 11.1 Å². The quantitative estimate of drug-likeness (QED) is 0.831. The smallest absolute Gasteiger partial charge is 0.231 e. The first-order valence-electron chi connectivity index (χ1n) is 6.45. The molecule has 1 amide bonds. The SMILES string of the molecule is CC(=O)C1(C(N)=O)CCCCC1c1ccccc1. The van der Waals surface area contributed by atoms with Crippen LogP contribution in [0, 0.1) is 5.41 Å². The molecule has 0 radical (unpaired) electrons. The van der Waals surface area contributed by atoms with Crippen LogP contribution in [0.15, 0.2) is 30.3 Å². The molecule has 1 fully saturated rings. The van der Waals surface area contributed by atoms with Crippen LogP contribution in [0.1, 0.15) is 44.1 Å².